The number of hydrogen-bond acceptors (Lipinski definition) is 4. The van der Waals surface area contributed by atoms with Gasteiger partial charge >= 0.3 is 0 Å². The standard InChI is InChI=1S/C15H22N2O3S.ClH/c1-21(19,20)11-15(7-8-15)9-14(18)17-10-13(16)12-5-3-2-4-6-12;/h2-6,13H,7-11,16H2,1H3,(H,17,18);1H. The lowest BCUT2D eigenvalue weighted by molar-refractivity contribution is -0.122. The summed E-state index contributed by atoms with van der Waals surface area (Å²) in [5, 5.41) is 2.80. The van der Waals surface area contributed by atoms with Crippen LogP contribution in [0.5, 0.6) is 0 Å². The van der Waals surface area contributed by atoms with Gasteiger partial charge in [0.1, 0.15) is 9.84 Å². The molecule has 0 radical (unpaired) electrons. The lowest BCUT2D eigenvalue weighted by Gasteiger charge is -2.16. The van der Waals surface area contributed by atoms with Crippen molar-refractivity contribution in [1.29, 1.82) is 0 Å². The molecule has 1 fully saturated rings. The van der Waals surface area contributed by atoms with Crippen molar-refractivity contribution in [2.45, 2.75) is 25.3 Å². The number of rotatable bonds is 7. The van der Waals surface area contributed by atoms with Crippen molar-refractivity contribution >= 4 is 28.2 Å². The summed E-state index contributed by atoms with van der Waals surface area (Å²) < 4.78 is 22.7. The van der Waals surface area contributed by atoms with Gasteiger partial charge in [0.2, 0.25) is 5.91 Å². The van der Waals surface area contributed by atoms with E-state index in [0.29, 0.717) is 6.54 Å². The molecule has 1 aliphatic carbocycles. The molecule has 124 valence electrons. The van der Waals surface area contributed by atoms with Gasteiger partial charge in [-0.05, 0) is 23.8 Å². The number of nitrogens with two attached hydrogens (primary N) is 1. The highest BCUT2D eigenvalue weighted by Gasteiger charge is 2.46. The molecule has 3 N–H and O–H groups in total. The van der Waals surface area contributed by atoms with Gasteiger partial charge in [-0.15, -0.1) is 12.4 Å². The number of amides is 1. The van der Waals surface area contributed by atoms with Gasteiger partial charge < -0.3 is 11.1 Å². The number of carbonyl (C=O) groups excluding carboxylic acids is 1. The third kappa shape index (κ3) is 5.94. The second-order valence-electron chi connectivity index (χ2n) is 6.07. The normalized spacial score (nSPS) is 17.2. The fourth-order valence-electron chi connectivity index (χ4n) is 2.55. The molecule has 1 amide bonds. The number of carbonyl (C=O) groups is 1. The predicted octanol–water partition coefficient (Wildman–Crippen LogP) is 1.44. The zero-order chi connectivity index (χ0) is 15.5. The summed E-state index contributed by atoms with van der Waals surface area (Å²) in [6.07, 6.45) is 3.09. The van der Waals surface area contributed by atoms with E-state index in [1.165, 1.54) is 6.26 Å². The molecule has 1 aliphatic rings. The summed E-state index contributed by atoms with van der Waals surface area (Å²) in [5.41, 5.74) is 6.64. The molecule has 0 heterocycles. The summed E-state index contributed by atoms with van der Waals surface area (Å²) in [7, 11) is -3.04. The first kappa shape index (κ1) is 18.9. The van der Waals surface area contributed by atoms with Gasteiger partial charge in [-0.2, -0.15) is 0 Å². The van der Waals surface area contributed by atoms with E-state index in [0.717, 1.165) is 18.4 Å². The van der Waals surface area contributed by atoms with Crippen molar-refractivity contribution < 1.29 is 13.2 Å². The van der Waals surface area contributed by atoms with Gasteiger partial charge in [0, 0.05) is 25.3 Å². The van der Waals surface area contributed by atoms with E-state index in [4.69, 9.17) is 5.73 Å². The average molecular weight is 347 g/mol. The van der Waals surface area contributed by atoms with Crippen LogP contribution in [0.3, 0.4) is 0 Å². The molecule has 0 bridgehead atoms. The Morgan fingerprint density at radius 3 is 2.41 bits per heavy atom. The van der Waals surface area contributed by atoms with Crippen LogP contribution in [-0.4, -0.2) is 32.9 Å². The molecule has 22 heavy (non-hydrogen) atoms. The van der Waals surface area contributed by atoms with Crippen LogP contribution in [0.25, 0.3) is 0 Å². The molecular formula is C15H23ClN2O3S. The fourth-order valence-corrected chi connectivity index (χ4v) is 4.05. The number of sulfone groups is 1. The first-order valence-corrected chi connectivity index (χ1v) is 9.11. The fraction of sp³-hybridized carbons (Fsp3) is 0.533. The highest BCUT2D eigenvalue weighted by Crippen LogP contribution is 2.49. The zero-order valence-electron chi connectivity index (χ0n) is 12.6. The topological polar surface area (TPSA) is 89.3 Å². The van der Waals surface area contributed by atoms with Crippen molar-refractivity contribution in [3.05, 3.63) is 35.9 Å². The largest absolute Gasteiger partial charge is 0.354 e. The molecule has 1 unspecified atom stereocenters. The number of halogens is 1. The maximum atomic E-state index is 12.0. The van der Waals surface area contributed by atoms with Gasteiger partial charge in [-0.3, -0.25) is 4.79 Å². The average Bonchev–Trinajstić information content (AvgIpc) is 3.13. The monoisotopic (exact) mass is 346 g/mol. The van der Waals surface area contributed by atoms with Crippen molar-refractivity contribution in [3.8, 4) is 0 Å². The highest BCUT2D eigenvalue weighted by molar-refractivity contribution is 7.90. The van der Waals surface area contributed by atoms with E-state index in [1.54, 1.807) is 0 Å². The van der Waals surface area contributed by atoms with E-state index in [9.17, 15) is 13.2 Å². The van der Waals surface area contributed by atoms with Gasteiger partial charge in [-0.25, -0.2) is 8.42 Å². The number of nitrogens with one attached hydrogen (secondary N) is 1. The molecule has 5 nitrogen and oxygen atoms in total. The number of hydrogen-bond donors (Lipinski definition) is 2. The second kappa shape index (κ2) is 7.44. The Kier molecular flexibility index (Phi) is 6.40. The Bertz CT molecular complexity index is 600. The van der Waals surface area contributed by atoms with E-state index >= 15 is 0 Å². The van der Waals surface area contributed by atoms with Crippen molar-refractivity contribution in [3.63, 3.8) is 0 Å². The molecule has 2 rings (SSSR count). The summed E-state index contributed by atoms with van der Waals surface area (Å²) in [5.74, 6) is -0.0273. The number of benzene rings is 1. The minimum Gasteiger partial charge on any atom is -0.354 e. The van der Waals surface area contributed by atoms with Gasteiger partial charge in [0.25, 0.3) is 0 Å². The molecule has 0 spiro atoms. The Hall–Kier alpha value is -1.11. The van der Waals surface area contributed by atoms with Crippen LogP contribution < -0.4 is 11.1 Å². The first-order valence-electron chi connectivity index (χ1n) is 7.05. The maximum Gasteiger partial charge on any atom is 0.220 e. The molecule has 1 saturated carbocycles. The van der Waals surface area contributed by atoms with Crippen LogP contribution in [0.2, 0.25) is 0 Å². The Morgan fingerprint density at radius 2 is 1.91 bits per heavy atom. The minimum atomic E-state index is -3.04. The van der Waals surface area contributed by atoms with Gasteiger partial charge in [0.05, 0.1) is 5.75 Å². The molecule has 7 heteroatoms. The van der Waals surface area contributed by atoms with E-state index in [1.807, 2.05) is 30.3 Å². The van der Waals surface area contributed by atoms with E-state index in [-0.39, 0.29) is 41.9 Å². The van der Waals surface area contributed by atoms with Crippen molar-refractivity contribution in [2.75, 3.05) is 18.6 Å². The summed E-state index contributed by atoms with van der Waals surface area (Å²) in [6.45, 7) is 0.359. The maximum absolute atomic E-state index is 12.0. The van der Waals surface area contributed by atoms with E-state index < -0.39 is 9.84 Å². The van der Waals surface area contributed by atoms with Crippen LogP contribution >= 0.6 is 12.4 Å². The molecule has 0 aliphatic heterocycles. The third-order valence-electron chi connectivity index (χ3n) is 3.81. The van der Waals surface area contributed by atoms with Gasteiger partial charge in [-0.1, -0.05) is 30.3 Å². The molecule has 0 aromatic heterocycles. The lowest BCUT2D eigenvalue weighted by Crippen LogP contribution is -2.34. The third-order valence-corrected chi connectivity index (χ3v) is 4.94. The predicted molar refractivity (Wildman–Crippen MR) is 89.6 cm³/mol. The second-order valence-corrected chi connectivity index (χ2v) is 8.21. The Morgan fingerprint density at radius 1 is 1.32 bits per heavy atom. The molecular weight excluding hydrogens is 324 g/mol. The van der Waals surface area contributed by atoms with Gasteiger partial charge in [0.15, 0.2) is 0 Å². The van der Waals surface area contributed by atoms with Crippen molar-refractivity contribution in [1.82, 2.24) is 5.32 Å². The summed E-state index contributed by atoms with van der Waals surface area (Å²) >= 11 is 0. The highest BCUT2D eigenvalue weighted by atomic mass is 35.5. The zero-order valence-corrected chi connectivity index (χ0v) is 14.3. The first-order chi connectivity index (χ1) is 9.80. The molecule has 0 saturated heterocycles. The SMILES string of the molecule is CS(=O)(=O)CC1(CC(=O)NCC(N)c2ccccc2)CC1.Cl. The Labute approximate surface area is 138 Å². The quantitative estimate of drug-likeness (QED) is 0.781. The van der Waals surface area contributed by atoms with E-state index in [2.05, 4.69) is 5.32 Å². The smallest absolute Gasteiger partial charge is 0.220 e. The van der Waals surface area contributed by atoms with Crippen LogP contribution in [0, 0.1) is 5.41 Å². The molecule has 1 aromatic carbocycles. The van der Waals surface area contributed by atoms with Crippen LogP contribution in [0.1, 0.15) is 30.9 Å². The van der Waals surface area contributed by atoms with Crippen LogP contribution in [0.4, 0.5) is 0 Å². The molecule has 1 atom stereocenters. The lowest BCUT2D eigenvalue weighted by atomic mass is 10.0. The minimum absolute atomic E-state index is 0. The summed E-state index contributed by atoms with van der Waals surface area (Å²) in [6, 6.07) is 9.31. The van der Waals surface area contributed by atoms with Crippen LogP contribution in [0.15, 0.2) is 30.3 Å². The van der Waals surface area contributed by atoms with Crippen LogP contribution in [-0.2, 0) is 14.6 Å². The molecule has 1 aromatic rings. The van der Waals surface area contributed by atoms with Crippen molar-refractivity contribution in [2.24, 2.45) is 11.1 Å². The Balaban J connectivity index is 0.00000242. The summed E-state index contributed by atoms with van der Waals surface area (Å²) in [4.78, 5) is 12.0.